The highest BCUT2D eigenvalue weighted by atomic mass is 16.6. The maximum atomic E-state index is 12.1. The van der Waals surface area contributed by atoms with Crippen molar-refractivity contribution >= 4 is 17.4 Å². The fraction of sp³-hybridized carbons (Fsp3) is 0.588. The van der Waals surface area contributed by atoms with Gasteiger partial charge in [0.2, 0.25) is 0 Å². The number of amides is 1. The van der Waals surface area contributed by atoms with Crippen LogP contribution in [0.25, 0.3) is 5.52 Å². The zero-order chi connectivity index (χ0) is 17.2. The molecule has 2 fully saturated rings. The molecule has 2 aliphatic heterocycles. The SMILES string of the molecule is Nc1ncnn2c(C3CCC(COC(=O)N4CCCCC4)O3)ccc12. The lowest BCUT2D eigenvalue weighted by Crippen LogP contribution is -2.37. The van der Waals surface area contributed by atoms with Gasteiger partial charge in [0, 0.05) is 13.1 Å². The van der Waals surface area contributed by atoms with Crippen LogP contribution >= 0.6 is 0 Å². The molecule has 2 atom stereocenters. The normalized spacial score (nSPS) is 23.9. The van der Waals surface area contributed by atoms with E-state index < -0.39 is 0 Å². The molecule has 8 heteroatoms. The van der Waals surface area contributed by atoms with Crippen molar-refractivity contribution in [1.29, 1.82) is 0 Å². The van der Waals surface area contributed by atoms with Crippen LogP contribution in [0.15, 0.2) is 18.5 Å². The Bertz CT molecular complexity index is 756. The molecular weight excluding hydrogens is 322 g/mol. The summed E-state index contributed by atoms with van der Waals surface area (Å²) in [6.07, 6.45) is 6.09. The Morgan fingerprint density at radius 2 is 2.12 bits per heavy atom. The van der Waals surface area contributed by atoms with Gasteiger partial charge in [0.25, 0.3) is 0 Å². The molecular formula is C17H23N5O3. The lowest BCUT2D eigenvalue weighted by Gasteiger charge is -2.26. The van der Waals surface area contributed by atoms with Crippen molar-refractivity contribution in [2.45, 2.75) is 44.3 Å². The molecule has 4 heterocycles. The van der Waals surface area contributed by atoms with E-state index in [1.807, 2.05) is 12.1 Å². The summed E-state index contributed by atoms with van der Waals surface area (Å²) < 4.78 is 13.3. The third-order valence-corrected chi connectivity index (χ3v) is 4.96. The minimum absolute atomic E-state index is 0.0736. The zero-order valence-electron chi connectivity index (χ0n) is 14.1. The summed E-state index contributed by atoms with van der Waals surface area (Å²) in [6, 6.07) is 3.87. The molecule has 25 heavy (non-hydrogen) atoms. The second-order valence-corrected chi connectivity index (χ2v) is 6.65. The average molecular weight is 345 g/mol. The molecule has 2 saturated heterocycles. The molecule has 0 saturated carbocycles. The molecule has 0 spiro atoms. The maximum absolute atomic E-state index is 12.1. The van der Waals surface area contributed by atoms with E-state index in [0.717, 1.165) is 50.0 Å². The minimum atomic E-state index is -0.222. The van der Waals surface area contributed by atoms with Gasteiger partial charge >= 0.3 is 6.09 Å². The van der Waals surface area contributed by atoms with Crippen LogP contribution in [0, 0.1) is 0 Å². The number of hydrogen-bond acceptors (Lipinski definition) is 6. The van der Waals surface area contributed by atoms with Gasteiger partial charge in [0.1, 0.15) is 24.6 Å². The summed E-state index contributed by atoms with van der Waals surface area (Å²) >= 11 is 0. The lowest BCUT2D eigenvalue weighted by molar-refractivity contribution is -0.00616. The van der Waals surface area contributed by atoms with Crippen molar-refractivity contribution < 1.29 is 14.3 Å². The third kappa shape index (κ3) is 3.26. The lowest BCUT2D eigenvalue weighted by atomic mass is 10.1. The first-order valence-corrected chi connectivity index (χ1v) is 8.87. The topological polar surface area (TPSA) is 95.0 Å². The summed E-state index contributed by atoms with van der Waals surface area (Å²) in [4.78, 5) is 17.9. The van der Waals surface area contributed by atoms with E-state index in [9.17, 15) is 4.79 Å². The number of nitrogen functional groups attached to an aromatic ring is 1. The average Bonchev–Trinajstić information content (AvgIpc) is 3.27. The molecule has 2 N–H and O–H groups in total. The molecule has 2 aromatic heterocycles. The van der Waals surface area contributed by atoms with Gasteiger partial charge in [-0.15, -0.1) is 0 Å². The Labute approximate surface area is 145 Å². The number of hydrogen-bond donors (Lipinski definition) is 1. The molecule has 0 bridgehead atoms. The third-order valence-electron chi connectivity index (χ3n) is 4.96. The Kier molecular flexibility index (Phi) is 4.44. The van der Waals surface area contributed by atoms with Crippen molar-refractivity contribution in [1.82, 2.24) is 19.5 Å². The number of carbonyl (C=O) groups excluding carboxylic acids is 1. The number of fused-ring (bicyclic) bond motifs is 1. The number of aromatic nitrogens is 3. The monoisotopic (exact) mass is 345 g/mol. The smallest absolute Gasteiger partial charge is 0.409 e. The van der Waals surface area contributed by atoms with Crippen LogP contribution < -0.4 is 5.73 Å². The van der Waals surface area contributed by atoms with Crippen LogP contribution in [-0.2, 0) is 9.47 Å². The Morgan fingerprint density at radius 3 is 2.96 bits per heavy atom. The number of carbonyl (C=O) groups is 1. The highest BCUT2D eigenvalue weighted by molar-refractivity contribution is 5.67. The largest absolute Gasteiger partial charge is 0.447 e. The maximum Gasteiger partial charge on any atom is 0.409 e. The van der Waals surface area contributed by atoms with Crippen molar-refractivity contribution in [2.75, 3.05) is 25.4 Å². The summed E-state index contributed by atoms with van der Waals surface area (Å²) in [6.45, 7) is 1.89. The number of anilines is 1. The van der Waals surface area contributed by atoms with E-state index in [1.54, 1.807) is 9.42 Å². The predicted octanol–water partition coefficient (Wildman–Crippen LogP) is 2.15. The highest BCUT2D eigenvalue weighted by Gasteiger charge is 2.30. The molecule has 1 amide bonds. The standard InChI is InChI=1S/C17H23N5O3/c18-16-14-6-5-13(22(14)20-11-19-16)15-7-4-12(25-15)10-24-17(23)21-8-2-1-3-9-21/h5-6,11-12,15H,1-4,7-10H2,(H2,18,19,20). The van der Waals surface area contributed by atoms with Gasteiger partial charge in [0.15, 0.2) is 5.82 Å². The van der Waals surface area contributed by atoms with Crippen molar-refractivity contribution in [3.63, 3.8) is 0 Å². The van der Waals surface area contributed by atoms with Gasteiger partial charge in [-0.25, -0.2) is 14.3 Å². The Balaban J connectivity index is 1.35. The summed E-state index contributed by atoms with van der Waals surface area (Å²) in [5.41, 5.74) is 7.60. The highest BCUT2D eigenvalue weighted by Crippen LogP contribution is 2.34. The van der Waals surface area contributed by atoms with Crippen molar-refractivity contribution in [3.8, 4) is 0 Å². The molecule has 4 rings (SSSR count). The Morgan fingerprint density at radius 1 is 1.28 bits per heavy atom. The van der Waals surface area contributed by atoms with Crippen LogP contribution in [0.5, 0.6) is 0 Å². The van der Waals surface area contributed by atoms with E-state index >= 15 is 0 Å². The molecule has 2 unspecified atom stereocenters. The van der Waals surface area contributed by atoms with Gasteiger partial charge < -0.3 is 20.1 Å². The van der Waals surface area contributed by atoms with Gasteiger partial charge in [-0.05, 0) is 44.2 Å². The molecule has 0 aromatic carbocycles. The molecule has 0 aliphatic carbocycles. The van der Waals surface area contributed by atoms with Crippen LogP contribution in [0.4, 0.5) is 10.6 Å². The number of rotatable bonds is 3. The minimum Gasteiger partial charge on any atom is -0.447 e. The number of nitrogens with two attached hydrogens (primary N) is 1. The predicted molar refractivity (Wildman–Crippen MR) is 91.0 cm³/mol. The van der Waals surface area contributed by atoms with E-state index in [-0.39, 0.29) is 18.3 Å². The first kappa shape index (κ1) is 16.1. The quantitative estimate of drug-likeness (QED) is 0.916. The molecule has 2 aromatic rings. The van der Waals surface area contributed by atoms with Gasteiger partial charge in [-0.3, -0.25) is 0 Å². The number of likely N-dealkylation sites (tertiary alicyclic amines) is 1. The first-order valence-electron chi connectivity index (χ1n) is 8.87. The zero-order valence-corrected chi connectivity index (χ0v) is 14.1. The second-order valence-electron chi connectivity index (χ2n) is 6.65. The summed E-state index contributed by atoms with van der Waals surface area (Å²) in [5, 5.41) is 4.26. The van der Waals surface area contributed by atoms with Gasteiger partial charge in [-0.1, -0.05) is 0 Å². The Hall–Kier alpha value is -2.35. The van der Waals surface area contributed by atoms with E-state index in [0.29, 0.717) is 12.4 Å². The van der Waals surface area contributed by atoms with E-state index in [1.165, 1.54) is 12.7 Å². The van der Waals surface area contributed by atoms with Crippen molar-refractivity contribution in [2.24, 2.45) is 0 Å². The fourth-order valence-electron chi connectivity index (χ4n) is 3.59. The summed E-state index contributed by atoms with van der Waals surface area (Å²) in [5.74, 6) is 0.450. The van der Waals surface area contributed by atoms with Crippen molar-refractivity contribution in [3.05, 3.63) is 24.2 Å². The molecule has 8 nitrogen and oxygen atoms in total. The van der Waals surface area contributed by atoms with E-state index in [4.69, 9.17) is 15.2 Å². The number of ether oxygens (including phenoxy) is 2. The molecule has 0 radical (unpaired) electrons. The van der Waals surface area contributed by atoms with Gasteiger partial charge in [0.05, 0.1) is 11.8 Å². The van der Waals surface area contributed by atoms with Crippen LogP contribution in [-0.4, -0.2) is 51.4 Å². The van der Waals surface area contributed by atoms with Gasteiger partial charge in [-0.2, -0.15) is 5.10 Å². The number of nitrogens with zero attached hydrogens (tertiary/aromatic N) is 4. The summed E-state index contributed by atoms with van der Waals surface area (Å²) in [7, 11) is 0. The van der Waals surface area contributed by atoms with Crippen LogP contribution in [0.1, 0.15) is 43.9 Å². The fourth-order valence-corrected chi connectivity index (χ4v) is 3.59. The number of piperidine rings is 1. The molecule has 2 aliphatic rings. The first-order chi connectivity index (χ1) is 12.2. The van der Waals surface area contributed by atoms with Crippen LogP contribution in [0.2, 0.25) is 0 Å². The second kappa shape index (κ2) is 6.87. The molecule has 134 valence electrons. The van der Waals surface area contributed by atoms with Crippen LogP contribution in [0.3, 0.4) is 0 Å². The van der Waals surface area contributed by atoms with E-state index in [2.05, 4.69) is 10.1 Å².